The van der Waals surface area contributed by atoms with Crippen molar-refractivity contribution in [3.8, 4) is 23.0 Å². The number of likely N-dealkylation sites (N-methyl/N-ethyl adjacent to an activating group) is 1. The number of aromatic nitrogens is 3. The second-order valence-electron chi connectivity index (χ2n) is 13.3. The van der Waals surface area contributed by atoms with Gasteiger partial charge in [-0.2, -0.15) is 18.4 Å². The maximum absolute atomic E-state index is 16.8. The van der Waals surface area contributed by atoms with Crippen molar-refractivity contribution < 1.29 is 26.2 Å². The van der Waals surface area contributed by atoms with Gasteiger partial charge in [-0.3, -0.25) is 9.88 Å². The smallest absolute Gasteiger partial charge is 0.332 e. The Morgan fingerprint density at radius 3 is 2.53 bits per heavy atom. The van der Waals surface area contributed by atoms with Gasteiger partial charge in [-0.1, -0.05) is 48.0 Å². The Labute approximate surface area is 288 Å². The number of halogens is 3. The van der Waals surface area contributed by atoms with Gasteiger partial charge in [0.1, 0.15) is 40.4 Å². The van der Waals surface area contributed by atoms with Crippen molar-refractivity contribution in [2.75, 3.05) is 38.2 Å². The summed E-state index contributed by atoms with van der Waals surface area (Å²) in [5.41, 5.74) is 0.823. The summed E-state index contributed by atoms with van der Waals surface area (Å²) in [5, 5.41) is 2.60. The van der Waals surface area contributed by atoms with E-state index < -0.39 is 20.9 Å². The topological polar surface area (TPSA) is 97.8 Å². The highest BCUT2D eigenvalue weighted by molar-refractivity contribution is 7.86. The Hall–Kier alpha value is -4.13. The zero-order chi connectivity index (χ0) is 33.9. The van der Waals surface area contributed by atoms with E-state index >= 15 is 4.39 Å². The molecule has 9 nitrogen and oxygen atoms in total. The molecule has 0 amide bonds. The summed E-state index contributed by atoms with van der Waals surface area (Å²) in [7, 11) is -2.95. The second kappa shape index (κ2) is 12.6. The zero-order valence-corrected chi connectivity index (χ0v) is 28.3. The van der Waals surface area contributed by atoms with Gasteiger partial charge in [-0.25, -0.2) is 4.39 Å². The number of fused-ring (bicyclic) bond motifs is 4. The minimum absolute atomic E-state index is 0.0389. The van der Waals surface area contributed by atoms with E-state index in [2.05, 4.69) is 19.8 Å². The minimum Gasteiger partial charge on any atom is -0.489 e. The van der Waals surface area contributed by atoms with Crippen LogP contribution >= 0.6 is 11.6 Å². The van der Waals surface area contributed by atoms with Crippen LogP contribution < -0.4 is 14.4 Å². The van der Waals surface area contributed by atoms with E-state index in [1.54, 1.807) is 18.3 Å². The maximum atomic E-state index is 16.8. The molecule has 2 bridgehead atoms. The number of pyridine rings is 1. The first-order valence-corrected chi connectivity index (χ1v) is 18.2. The number of benzene rings is 3. The fraction of sp³-hybridized carbons (Fsp3) is 0.361. The largest absolute Gasteiger partial charge is 0.489 e. The number of nitrogens with zero attached hydrogens (tertiary/aromatic N) is 5. The molecule has 3 aromatic carbocycles. The van der Waals surface area contributed by atoms with Gasteiger partial charge in [0.25, 0.3) is 0 Å². The van der Waals surface area contributed by atoms with Crippen molar-refractivity contribution in [2.24, 2.45) is 11.8 Å². The summed E-state index contributed by atoms with van der Waals surface area (Å²) in [5.74, 6) is 1.36. The van der Waals surface area contributed by atoms with E-state index in [-0.39, 0.29) is 41.7 Å². The normalized spacial score (nSPS) is 22.7. The quantitative estimate of drug-likeness (QED) is 0.157. The van der Waals surface area contributed by atoms with Crippen LogP contribution in [0.3, 0.4) is 0 Å². The molecular formula is C36H34ClF2N5O4S. The fourth-order valence-corrected chi connectivity index (χ4v) is 8.55. The van der Waals surface area contributed by atoms with Crippen molar-refractivity contribution in [3.63, 3.8) is 0 Å². The van der Waals surface area contributed by atoms with Gasteiger partial charge in [0.15, 0.2) is 5.82 Å². The van der Waals surface area contributed by atoms with Crippen LogP contribution in [0.4, 0.5) is 14.1 Å². The average Bonchev–Trinajstić information content (AvgIpc) is 3.62. The van der Waals surface area contributed by atoms with Gasteiger partial charge < -0.3 is 14.4 Å². The molecule has 0 spiro atoms. The van der Waals surface area contributed by atoms with Crippen LogP contribution in [0.15, 0.2) is 71.8 Å². The molecule has 2 aromatic heterocycles. The van der Waals surface area contributed by atoms with E-state index in [4.69, 9.17) is 26.1 Å². The van der Waals surface area contributed by atoms with Crippen LogP contribution in [-0.4, -0.2) is 73.7 Å². The molecule has 0 N–H and O–H groups in total. The summed E-state index contributed by atoms with van der Waals surface area (Å²) >= 11 is 6.61. The van der Waals surface area contributed by atoms with Crippen molar-refractivity contribution in [1.82, 2.24) is 19.9 Å². The minimum atomic E-state index is -4.88. The Kier molecular flexibility index (Phi) is 8.28. The van der Waals surface area contributed by atoms with Crippen molar-refractivity contribution in [1.29, 1.82) is 0 Å². The van der Waals surface area contributed by atoms with Gasteiger partial charge in [-0.05, 0) is 68.2 Å². The Bertz CT molecular complexity index is 2170. The van der Waals surface area contributed by atoms with Crippen LogP contribution in [-0.2, 0) is 10.2 Å². The summed E-state index contributed by atoms with van der Waals surface area (Å²) < 4.78 is 65.8. The lowest BCUT2D eigenvalue weighted by molar-refractivity contribution is 0.102. The number of hydrogen-bond acceptors (Lipinski definition) is 9. The highest BCUT2D eigenvalue weighted by Gasteiger charge is 2.37. The highest BCUT2D eigenvalue weighted by Crippen LogP contribution is 2.41. The molecule has 1 saturated carbocycles. The van der Waals surface area contributed by atoms with Crippen molar-refractivity contribution in [2.45, 2.75) is 42.7 Å². The van der Waals surface area contributed by atoms with Crippen LogP contribution in [0.1, 0.15) is 25.7 Å². The SMILES string of the molecule is CN1CC[C@H](Oc2cccc(S(=O)(=O)F)c2)[C@H]1COc1nc(N2CC3CCC(C3)C2)c2cnc(-c3cccc4cccc(Cl)c34)c(F)c2n1. The fourth-order valence-electron chi connectivity index (χ4n) is 7.77. The lowest BCUT2D eigenvalue weighted by Gasteiger charge is -2.33. The van der Waals surface area contributed by atoms with Crippen LogP contribution in [0.5, 0.6) is 11.8 Å². The first kappa shape index (κ1) is 32.1. The van der Waals surface area contributed by atoms with Crippen LogP contribution in [0, 0.1) is 17.7 Å². The summed E-state index contributed by atoms with van der Waals surface area (Å²) in [4.78, 5) is 17.9. The molecule has 4 heterocycles. The Balaban J connectivity index is 1.15. The molecule has 3 aliphatic rings. The van der Waals surface area contributed by atoms with Gasteiger partial charge >= 0.3 is 16.2 Å². The molecule has 4 atom stereocenters. The van der Waals surface area contributed by atoms with Gasteiger partial charge in [-0.15, -0.1) is 3.89 Å². The molecule has 2 unspecified atom stereocenters. The van der Waals surface area contributed by atoms with Crippen molar-refractivity contribution in [3.05, 3.63) is 77.7 Å². The van der Waals surface area contributed by atoms with E-state index in [1.807, 2.05) is 37.4 Å². The first-order valence-electron chi connectivity index (χ1n) is 16.5. The standard InChI is InChI=1S/C36H34ClF2N5O4S/c1-43-14-13-30(48-24-7-4-8-25(16-24)49(39,45)46)29(43)20-47-36-41-34-27(35(42-36)44-18-21-11-12-22(15-21)19-44)17-40-33(32(34)38)26-9-2-5-23-6-3-10-28(37)31(23)26/h2-10,16-17,21-22,29-30H,11-15,18-20H2,1H3/t21?,22?,29-,30+/m1/s1. The molecule has 13 heteroatoms. The maximum Gasteiger partial charge on any atom is 0.332 e. The molecule has 5 aromatic rings. The Morgan fingerprint density at radius 1 is 1.00 bits per heavy atom. The average molecular weight is 706 g/mol. The summed E-state index contributed by atoms with van der Waals surface area (Å²) in [6.07, 6.45) is 5.43. The summed E-state index contributed by atoms with van der Waals surface area (Å²) in [6.45, 7) is 2.45. The number of rotatable bonds is 8. The molecule has 254 valence electrons. The summed E-state index contributed by atoms with van der Waals surface area (Å²) in [6, 6.07) is 16.3. The Morgan fingerprint density at radius 2 is 1.76 bits per heavy atom. The third-order valence-corrected chi connectivity index (χ3v) is 11.3. The second-order valence-corrected chi connectivity index (χ2v) is 15.1. The van der Waals surface area contributed by atoms with Gasteiger partial charge in [0.05, 0.1) is 11.4 Å². The molecular weight excluding hydrogens is 672 g/mol. The molecule has 1 aliphatic carbocycles. The van der Waals surface area contributed by atoms with E-state index in [0.29, 0.717) is 52.0 Å². The van der Waals surface area contributed by atoms with Gasteiger partial charge in [0, 0.05) is 47.9 Å². The third-order valence-electron chi connectivity index (χ3n) is 10.2. The van der Waals surface area contributed by atoms with Crippen LogP contribution in [0.2, 0.25) is 5.02 Å². The molecule has 8 rings (SSSR count). The predicted molar refractivity (Wildman–Crippen MR) is 184 cm³/mol. The molecule has 2 saturated heterocycles. The van der Waals surface area contributed by atoms with Crippen LogP contribution in [0.25, 0.3) is 32.9 Å². The number of ether oxygens (including phenoxy) is 2. The molecule has 0 radical (unpaired) electrons. The van der Waals surface area contributed by atoms with Crippen molar-refractivity contribution >= 4 is 49.3 Å². The first-order chi connectivity index (χ1) is 23.6. The van der Waals surface area contributed by atoms with E-state index in [0.717, 1.165) is 18.5 Å². The number of anilines is 1. The molecule has 49 heavy (non-hydrogen) atoms. The van der Waals surface area contributed by atoms with E-state index in [9.17, 15) is 12.3 Å². The lowest BCUT2D eigenvalue weighted by atomic mass is 9.98. The highest BCUT2D eigenvalue weighted by atomic mass is 35.5. The van der Waals surface area contributed by atoms with Gasteiger partial charge in [0.2, 0.25) is 0 Å². The molecule has 2 aliphatic heterocycles. The number of piperidine rings is 1. The monoisotopic (exact) mass is 705 g/mol. The number of likely N-dealkylation sites (tertiary alicyclic amines) is 1. The van der Waals surface area contributed by atoms with E-state index in [1.165, 1.54) is 37.5 Å². The zero-order valence-electron chi connectivity index (χ0n) is 26.7. The third kappa shape index (κ3) is 6.15. The molecule has 3 fully saturated rings. The number of hydrogen-bond donors (Lipinski definition) is 0. The lowest BCUT2D eigenvalue weighted by Crippen LogP contribution is -2.40. The predicted octanol–water partition coefficient (Wildman–Crippen LogP) is 7.06.